The first kappa shape index (κ1) is 12.8. The van der Waals surface area contributed by atoms with Crippen molar-refractivity contribution in [2.75, 3.05) is 4.90 Å². The van der Waals surface area contributed by atoms with Crippen LogP contribution >= 0.6 is 11.3 Å². The summed E-state index contributed by atoms with van der Waals surface area (Å²) in [5, 5.41) is 2.06. The highest BCUT2D eigenvalue weighted by Gasteiger charge is 2.16. The van der Waals surface area contributed by atoms with Crippen LogP contribution < -0.4 is 4.90 Å². The van der Waals surface area contributed by atoms with Gasteiger partial charge in [0.1, 0.15) is 5.82 Å². The average molecular weight is 260 g/mol. The molecule has 0 bridgehead atoms. The van der Waals surface area contributed by atoms with Gasteiger partial charge >= 0.3 is 0 Å². The molecule has 0 spiro atoms. The van der Waals surface area contributed by atoms with Crippen LogP contribution in [-0.2, 0) is 6.54 Å². The molecule has 2 rings (SSSR count). The van der Waals surface area contributed by atoms with Gasteiger partial charge in [-0.3, -0.25) is 4.79 Å². The van der Waals surface area contributed by atoms with Crippen LogP contribution in [0.25, 0.3) is 0 Å². The van der Waals surface area contributed by atoms with E-state index in [1.165, 1.54) is 4.88 Å². The Kier molecular flexibility index (Phi) is 4.10. The molecule has 0 saturated carbocycles. The van der Waals surface area contributed by atoms with E-state index < -0.39 is 0 Å². The Labute approximate surface area is 111 Å². The maximum absolute atomic E-state index is 11.1. The van der Waals surface area contributed by atoms with Gasteiger partial charge in [0, 0.05) is 17.1 Å². The van der Waals surface area contributed by atoms with Gasteiger partial charge in [-0.1, -0.05) is 6.07 Å². The fourth-order valence-corrected chi connectivity index (χ4v) is 2.52. The lowest BCUT2D eigenvalue weighted by Gasteiger charge is -2.28. The first-order valence-corrected chi connectivity index (χ1v) is 6.79. The third-order valence-electron chi connectivity index (χ3n) is 2.75. The van der Waals surface area contributed by atoms with Gasteiger partial charge < -0.3 is 4.90 Å². The van der Waals surface area contributed by atoms with Gasteiger partial charge in [-0.2, -0.15) is 0 Å². The van der Waals surface area contributed by atoms with Crippen LogP contribution in [-0.4, -0.2) is 17.3 Å². The lowest BCUT2D eigenvalue weighted by molar-refractivity contribution is 0.112. The molecule has 0 atom stereocenters. The van der Waals surface area contributed by atoms with Crippen LogP contribution in [0.2, 0.25) is 0 Å². The van der Waals surface area contributed by atoms with Gasteiger partial charge in [0.2, 0.25) is 0 Å². The fraction of sp³-hybridized carbons (Fsp3) is 0.286. The number of thiophene rings is 1. The van der Waals surface area contributed by atoms with Crippen LogP contribution in [0.5, 0.6) is 0 Å². The van der Waals surface area contributed by atoms with Crippen molar-refractivity contribution in [2.24, 2.45) is 0 Å². The number of pyridine rings is 1. The molecule has 3 nitrogen and oxygen atoms in total. The molecule has 0 aliphatic rings. The monoisotopic (exact) mass is 260 g/mol. The SMILES string of the molecule is CC(C)N(Cc1cccs1)c1ncccc1C=O. The largest absolute Gasteiger partial charge is 0.348 e. The Bertz CT molecular complexity index is 508. The number of hydrogen-bond donors (Lipinski definition) is 0. The molecule has 2 aromatic heterocycles. The summed E-state index contributed by atoms with van der Waals surface area (Å²) in [4.78, 5) is 18.9. The van der Waals surface area contributed by atoms with Crippen molar-refractivity contribution in [1.82, 2.24) is 4.98 Å². The molecule has 0 radical (unpaired) electrons. The number of carbonyl (C=O) groups excluding carboxylic acids is 1. The zero-order chi connectivity index (χ0) is 13.0. The third kappa shape index (κ3) is 2.76. The van der Waals surface area contributed by atoms with Crippen LogP contribution in [0.4, 0.5) is 5.82 Å². The molecule has 0 amide bonds. The molecular formula is C14H16N2OS. The standard InChI is InChI=1S/C14H16N2OS/c1-11(2)16(9-13-6-4-8-18-13)14-12(10-17)5-3-7-15-14/h3-8,10-11H,9H2,1-2H3. The minimum atomic E-state index is 0.292. The van der Waals surface area contributed by atoms with E-state index in [9.17, 15) is 4.79 Å². The van der Waals surface area contributed by atoms with Gasteiger partial charge in [-0.15, -0.1) is 11.3 Å². The Morgan fingerprint density at radius 2 is 2.22 bits per heavy atom. The molecule has 4 heteroatoms. The van der Waals surface area contributed by atoms with Crippen molar-refractivity contribution in [3.63, 3.8) is 0 Å². The quantitative estimate of drug-likeness (QED) is 0.773. The maximum atomic E-state index is 11.1. The van der Waals surface area contributed by atoms with E-state index in [4.69, 9.17) is 0 Å². The molecule has 0 unspecified atom stereocenters. The molecule has 0 N–H and O–H groups in total. The van der Waals surface area contributed by atoms with Crippen LogP contribution in [0.1, 0.15) is 29.1 Å². The van der Waals surface area contributed by atoms with E-state index in [1.54, 1.807) is 29.7 Å². The van der Waals surface area contributed by atoms with Crippen molar-refractivity contribution in [1.29, 1.82) is 0 Å². The second-order valence-corrected chi connectivity index (χ2v) is 5.37. The van der Waals surface area contributed by atoms with Crippen LogP contribution in [0, 0.1) is 0 Å². The maximum Gasteiger partial charge on any atom is 0.153 e. The second-order valence-electron chi connectivity index (χ2n) is 4.34. The predicted octanol–water partition coefficient (Wildman–Crippen LogP) is 3.37. The summed E-state index contributed by atoms with van der Waals surface area (Å²) in [5.41, 5.74) is 0.641. The minimum absolute atomic E-state index is 0.292. The van der Waals surface area contributed by atoms with E-state index in [0.29, 0.717) is 11.6 Å². The second kappa shape index (κ2) is 5.78. The van der Waals surface area contributed by atoms with Crippen molar-refractivity contribution in [3.8, 4) is 0 Å². The van der Waals surface area contributed by atoms with Gasteiger partial charge in [-0.05, 0) is 37.4 Å². The van der Waals surface area contributed by atoms with Gasteiger partial charge in [0.05, 0.1) is 12.1 Å². The van der Waals surface area contributed by atoms with E-state index in [1.807, 2.05) is 6.07 Å². The highest BCUT2D eigenvalue weighted by Crippen LogP contribution is 2.22. The summed E-state index contributed by atoms with van der Waals surface area (Å²) in [7, 11) is 0. The zero-order valence-corrected chi connectivity index (χ0v) is 11.4. The minimum Gasteiger partial charge on any atom is -0.348 e. The molecule has 0 aliphatic heterocycles. The Balaban J connectivity index is 2.32. The van der Waals surface area contributed by atoms with E-state index in [-0.39, 0.29) is 0 Å². The number of carbonyl (C=O) groups is 1. The number of aromatic nitrogens is 1. The van der Waals surface area contributed by atoms with Crippen molar-refractivity contribution < 1.29 is 4.79 Å². The molecule has 0 fully saturated rings. The number of nitrogens with zero attached hydrogens (tertiary/aromatic N) is 2. The Morgan fingerprint density at radius 1 is 1.39 bits per heavy atom. The molecule has 2 heterocycles. The first-order valence-electron chi connectivity index (χ1n) is 5.91. The van der Waals surface area contributed by atoms with Crippen molar-refractivity contribution >= 4 is 23.4 Å². The topological polar surface area (TPSA) is 33.2 Å². The molecular weight excluding hydrogens is 244 g/mol. The number of aldehydes is 1. The van der Waals surface area contributed by atoms with Gasteiger partial charge in [-0.25, -0.2) is 4.98 Å². The summed E-state index contributed by atoms with van der Waals surface area (Å²) >= 11 is 1.72. The highest BCUT2D eigenvalue weighted by molar-refractivity contribution is 7.09. The Morgan fingerprint density at radius 3 is 2.83 bits per heavy atom. The normalized spacial score (nSPS) is 10.6. The summed E-state index contributed by atoms with van der Waals surface area (Å²) in [6.07, 6.45) is 2.60. The molecule has 0 aromatic carbocycles. The number of anilines is 1. The zero-order valence-electron chi connectivity index (χ0n) is 10.5. The molecule has 18 heavy (non-hydrogen) atoms. The van der Waals surface area contributed by atoms with Gasteiger partial charge in [0.25, 0.3) is 0 Å². The summed E-state index contributed by atoms with van der Waals surface area (Å²) in [6.45, 7) is 5.00. The lowest BCUT2D eigenvalue weighted by atomic mass is 10.2. The average Bonchev–Trinajstić information content (AvgIpc) is 2.88. The van der Waals surface area contributed by atoms with E-state index in [0.717, 1.165) is 18.6 Å². The first-order chi connectivity index (χ1) is 8.72. The number of hydrogen-bond acceptors (Lipinski definition) is 4. The third-order valence-corrected chi connectivity index (χ3v) is 3.61. The predicted molar refractivity (Wildman–Crippen MR) is 75.3 cm³/mol. The Hall–Kier alpha value is -1.68. The molecule has 0 aliphatic carbocycles. The van der Waals surface area contributed by atoms with Crippen molar-refractivity contribution in [2.45, 2.75) is 26.4 Å². The lowest BCUT2D eigenvalue weighted by Crippen LogP contribution is -2.31. The molecule has 2 aromatic rings. The summed E-state index contributed by atoms with van der Waals surface area (Å²) in [5.74, 6) is 0.760. The smallest absolute Gasteiger partial charge is 0.153 e. The van der Waals surface area contributed by atoms with Crippen molar-refractivity contribution in [3.05, 3.63) is 46.3 Å². The summed E-state index contributed by atoms with van der Waals surface area (Å²) < 4.78 is 0. The molecule has 94 valence electrons. The van der Waals surface area contributed by atoms with E-state index in [2.05, 4.69) is 35.2 Å². The number of rotatable bonds is 5. The van der Waals surface area contributed by atoms with Crippen LogP contribution in [0.3, 0.4) is 0 Å². The summed E-state index contributed by atoms with van der Waals surface area (Å²) in [6, 6.07) is 8.03. The molecule has 0 saturated heterocycles. The van der Waals surface area contributed by atoms with Gasteiger partial charge in [0.15, 0.2) is 6.29 Å². The highest BCUT2D eigenvalue weighted by atomic mass is 32.1. The fourth-order valence-electron chi connectivity index (χ4n) is 1.81. The van der Waals surface area contributed by atoms with Crippen LogP contribution in [0.15, 0.2) is 35.8 Å². The van der Waals surface area contributed by atoms with E-state index >= 15 is 0 Å².